The van der Waals surface area contributed by atoms with Crippen molar-refractivity contribution < 1.29 is 0 Å². The SMILES string of the molecule is CNCC(N)=S.Cl. The quantitative estimate of drug-likeness (QED) is 0.527. The van der Waals surface area contributed by atoms with Gasteiger partial charge in [0, 0.05) is 6.54 Å². The molecule has 2 nitrogen and oxygen atoms in total. The Kier molecular flexibility index (Phi) is 8.94. The van der Waals surface area contributed by atoms with Gasteiger partial charge in [0.1, 0.15) is 0 Å². The van der Waals surface area contributed by atoms with Crippen LogP contribution in [0.1, 0.15) is 0 Å². The topological polar surface area (TPSA) is 38.0 Å². The standard InChI is InChI=1S/C3H8N2S.ClH/c1-5-2-3(4)6;/h5H,2H2,1H3,(H2,4,6);1H. The number of thiocarbonyl (C=S) groups is 1. The van der Waals surface area contributed by atoms with Crippen LogP contribution in [0.5, 0.6) is 0 Å². The third kappa shape index (κ3) is 10.7. The summed E-state index contributed by atoms with van der Waals surface area (Å²) in [6, 6.07) is 0. The van der Waals surface area contributed by atoms with Gasteiger partial charge in [-0.05, 0) is 7.05 Å². The van der Waals surface area contributed by atoms with Gasteiger partial charge in [-0.3, -0.25) is 0 Å². The van der Waals surface area contributed by atoms with Crippen LogP contribution in [-0.2, 0) is 0 Å². The number of halogens is 1. The van der Waals surface area contributed by atoms with Crippen LogP contribution >= 0.6 is 24.6 Å². The van der Waals surface area contributed by atoms with Crippen molar-refractivity contribution in [1.29, 1.82) is 0 Å². The van der Waals surface area contributed by atoms with Crippen LogP contribution in [0.25, 0.3) is 0 Å². The van der Waals surface area contributed by atoms with E-state index in [4.69, 9.17) is 5.73 Å². The fraction of sp³-hybridized carbons (Fsp3) is 0.667. The minimum Gasteiger partial charge on any atom is -0.392 e. The lowest BCUT2D eigenvalue weighted by Crippen LogP contribution is -2.23. The van der Waals surface area contributed by atoms with Crippen LogP contribution in [0.4, 0.5) is 0 Å². The summed E-state index contributed by atoms with van der Waals surface area (Å²) in [5.74, 6) is 0. The smallest absolute Gasteiger partial charge is 0.0867 e. The summed E-state index contributed by atoms with van der Waals surface area (Å²) >= 11 is 4.51. The molecule has 0 aromatic rings. The van der Waals surface area contributed by atoms with Gasteiger partial charge < -0.3 is 11.1 Å². The predicted molar refractivity (Wildman–Crippen MR) is 38.0 cm³/mol. The van der Waals surface area contributed by atoms with Gasteiger partial charge in [0.15, 0.2) is 0 Å². The Hall–Kier alpha value is 0.140. The van der Waals surface area contributed by atoms with Crippen molar-refractivity contribution in [3.63, 3.8) is 0 Å². The molecule has 0 spiro atoms. The summed E-state index contributed by atoms with van der Waals surface area (Å²) < 4.78 is 0. The lowest BCUT2D eigenvalue weighted by Gasteiger charge is -1.89. The first-order chi connectivity index (χ1) is 2.77. The maximum atomic E-state index is 5.07. The molecule has 0 rings (SSSR count). The maximum Gasteiger partial charge on any atom is 0.0867 e. The molecule has 0 aromatic carbocycles. The van der Waals surface area contributed by atoms with Crippen molar-refractivity contribution in [2.75, 3.05) is 13.6 Å². The van der Waals surface area contributed by atoms with Crippen molar-refractivity contribution in [2.24, 2.45) is 5.73 Å². The predicted octanol–water partition coefficient (Wildman–Crippen LogP) is -0.0863. The van der Waals surface area contributed by atoms with Crippen LogP contribution in [0.2, 0.25) is 0 Å². The molecule has 0 aromatic heterocycles. The molecule has 0 amide bonds. The first-order valence-electron chi connectivity index (χ1n) is 1.70. The molecule has 0 aliphatic carbocycles. The summed E-state index contributed by atoms with van der Waals surface area (Å²) in [5.41, 5.74) is 5.07. The molecule has 0 bridgehead atoms. The Morgan fingerprint density at radius 3 is 2.29 bits per heavy atom. The van der Waals surface area contributed by atoms with Gasteiger partial charge in [-0.15, -0.1) is 12.4 Å². The highest BCUT2D eigenvalue weighted by atomic mass is 35.5. The normalized spacial score (nSPS) is 7.00. The van der Waals surface area contributed by atoms with E-state index in [0.717, 1.165) is 0 Å². The average molecular weight is 141 g/mol. The number of nitrogens with one attached hydrogen (secondary N) is 1. The van der Waals surface area contributed by atoms with Gasteiger partial charge in [-0.1, -0.05) is 12.2 Å². The first kappa shape index (κ1) is 10.2. The van der Waals surface area contributed by atoms with Crippen LogP contribution in [0.15, 0.2) is 0 Å². The zero-order valence-corrected chi connectivity index (χ0v) is 5.73. The number of hydrogen-bond acceptors (Lipinski definition) is 2. The fourth-order valence-corrected chi connectivity index (χ4v) is 0.319. The van der Waals surface area contributed by atoms with E-state index < -0.39 is 0 Å². The molecule has 0 saturated carbocycles. The Bertz CT molecular complexity index is 56.9. The van der Waals surface area contributed by atoms with Crippen molar-refractivity contribution in [1.82, 2.24) is 5.32 Å². The van der Waals surface area contributed by atoms with Crippen LogP contribution in [0, 0.1) is 0 Å². The molecule has 4 heteroatoms. The van der Waals surface area contributed by atoms with Gasteiger partial charge in [0.05, 0.1) is 4.99 Å². The monoisotopic (exact) mass is 140 g/mol. The molecule has 3 N–H and O–H groups in total. The summed E-state index contributed by atoms with van der Waals surface area (Å²) in [6.45, 7) is 0.634. The molecule has 0 unspecified atom stereocenters. The summed E-state index contributed by atoms with van der Waals surface area (Å²) in [6.07, 6.45) is 0. The van der Waals surface area contributed by atoms with E-state index in [1.807, 2.05) is 0 Å². The zero-order valence-electron chi connectivity index (χ0n) is 4.10. The Morgan fingerprint density at radius 2 is 2.29 bits per heavy atom. The molecule has 0 radical (unpaired) electrons. The van der Waals surface area contributed by atoms with Gasteiger partial charge in [-0.25, -0.2) is 0 Å². The minimum atomic E-state index is 0. The van der Waals surface area contributed by atoms with Gasteiger partial charge in [-0.2, -0.15) is 0 Å². The van der Waals surface area contributed by atoms with E-state index in [-0.39, 0.29) is 12.4 Å². The number of rotatable bonds is 2. The van der Waals surface area contributed by atoms with Crippen molar-refractivity contribution >= 4 is 29.6 Å². The summed E-state index contributed by atoms with van der Waals surface area (Å²) in [5, 5.41) is 2.80. The molecular weight excluding hydrogens is 132 g/mol. The van der Waals surface area contributed by atoms with E-state index in [2.05, 4.69) is 17.5 Å². The van der Waals surface area contributed by atoms with Crippen LogP contribution in [0.3, 0.4) is 0 Å². The lowest BCUT2D eigenvalue weighted by atomic mass is 10.7. The van der Waals surface area contributed by atoms with Crippen molar-refractivity contribution in [2.45, 2.75) is 0 Å². The third-order valence-electron chi connectivity index (χ3n) is 0.351. The van der Waals surface area contributed by atoms with E-state index in [1.165, 1.54) is 0 Å². The molecule has 0 atom stereocenters. The second kappa shape index (κ2) is 6.14. The molecule has 0 saturated heterocycles. The number of hydrogen-bond donors (Lipinski definition) is 2. The van der Waals surface area contributed by atoms with E-state index >= 15 is 0 Å². The fourth-order valence-electron chi connectivity index (χ4n) is 0.174. The number of likely N-dealkylation sites (N-methyl/N-ethyl adjacent to an activating group) is 1. The van der Waals surface area contributed by atoms with E-state index in [1.54, 1.807) is 7.05 Å². The van der Waals surface area contributed by atoms with Crippen molar-refractivity contribution in [3.05, 3.63) is 0 Å². The van der Waals surface area contributed by atoms with Crippen LogP contribution in [-0.4, -0.2) is 18.6 Å². The second-order valence-corrected chi connectivity index (χ2v) is 1.52. The van der Waals surface area contributed by atoms with Crippen molar-refractivity contribution in [3.8, 4) is 0 Å². The van der Waals surface area contributed by atoms with E-state index in [9.17, 15) is 0 Å². The highest BCUT2D eigenvalue weighted by Crippen LogP contribution is 1.54. The molecule has 7 heavy (non-hydrogen) atoms. The largest absolute Gasteiger partial charge is 0.392 e. The summed E-state index contributed by atoms with van der Waals surface area (Å²) in [4.78, 5) is 0.512. The van der Waals surface area contributed by atoms with Gasteiger partial charge in [0.2, 0.25) is 0 Å². The molecule has 0 aliphatic rings. The minimum absolute atomic E-state index is 0. The maximum absolute atomic E-state index is 5.07. The average Bonchev–Trinajstić information content (AvgIpc) is 1.35. The Balaban J connectivity index is 0. The molecular formula is C3H9ClN2S. The second-order valence-electron chi connectivity index (χ2n) is 0.997. The summed E-state index contributed by atoms with van der Waals surface area (Å²) in [7, 11) is 1.80. The Labute approximate surface area is 54.9 Å². The third-order valence-corrected chi connectivity index (χ3v) is 0.495. The zero-order chi connectivity index (χ0) is 4.99. The van der Waals surface area contributed by atoms with Gasteiger partial charge in [0.25, 0.3) is 0 Å². The molecule has 0 aliphatic heterocycles. The highest BCUT2D eigenvalue weighted by molar-refractivity contribution is 7.80. The van der Waals surface area contributed by atoms with Crippen LogP contribution < -0.4 is 11.1 Å². The first-order valence-corrected chi connectivity index (χ1v) is 2.11. The molecule has 44 valence electrons. The number of nitrogens with two attached hydrogens (primary N) is 1. The van der Waals surface area contributed by atoms with E-state index in [0.29, 0.717) is 11.5 Å². The highest BCUT2D eigenvalue weighted by Gasteiger charge is 1.77. The lowest BCUT2D eigenvalue weighted by molar-refractivity contribution is 0.950. The Morgan fingerprint density at radius 1 is 1.86 bits per heavy atom. The molecule has 0 heterocycles. The molecule has 0 fully saturated rings. The van der Waals surface area contributed by atoms with Gasteiger partial charge >= 0.3 is 0 Å².